The van der Waals surface area contributed by atoms with Gasteiger partial charge >= 0.3 is 0 Å². The minimum atomic E-state index is -0.113. The molecule has 2 fully saturated rings. The zero-order valence-corrected chi connectivity index (χ0v) is 11.8. The molecule has 1 heterocycles. The van der Waals surface area contributed by atoms with E-state index in [1.54, 1.807) is 18.2 Å². The lowest BCUT2D eigenvalue weighted by molar-refractivity contribution is -0.141. The molecule has 1 saturated carbocycles. The van der Waals surface area contributed by atoms with Gasteiger partial charge in [-0.3, -0.25) is 14.5 Å². The molecular formula is C16H16N2O3. The van der Waals surface area contributed by atoms with E-state index in [2.05, 4.69) is 0 Å². The zero-order valence-electron chi connectivity index (χ0n) is 11.8. The van der Waals surface area contributed by atoms with Gasteiger partial charge in [-0.25, -0.2) is 0 Å². The second-order valence-corrected chi connectivity index (χ2v) is 5.55. The molecule has 21 heavy (non-hydrogen) atoms. The number of rotatable bonds is 3. The monoisotopic (exact) mass is 284 g/mol. The number of amides is 2. The second kappa shape index (κ2) is 5.21. The summed E-state index contributed by atoms with van der Waals surface area (Å²) < 4.78 is 5.16. The first-order chi connectivity index (χ1) is 10.2. The highest BCUT2D eigenvalue weighted by Crippen LogP contribution is 2.40. The van der Waals surface area contributed by atoms with Gasteiger partial charge in [0.1, 0.15) is 11.8 Å². The Kier molecular flexibility index (Phi) is 3.38. The molecule has 0 spiro atoms. The molecule has 0 bridgehead atoms. The van der Waals surface area contributed by atoms with Gasteiger partial charge < -0.3 is 4.74 Å². The van der Waals surface area contributed by atoms with Crippen LogP contribution < -0.4 is 4.74 Å². The Morgan fingerprint density at radius 2 is 1.95 bits per heavy atom. The average molecular weight is 284 g/mol. The summed E-state index contributed by atoms with van der Waals surface area (Å²) in [7, 11) is 1.50. The highest BCUT2D eigenvalue weighted by atomic mass is 16.5. The Morgan fingerprint density at radius 3 is 2.52 bits per heavy atom. The summed E-state index contributed by atoms with van der Waals surface area (Å²) in [4.78, 5) is 26.0. The lowest BCUT2D eigenvalue weighted by Gasteiger charge is -2.16. The fourth-order valence-corrected chi connectivity index (χ4v) is 3.32. The summed E-state index contributed by atoms with van der Waals surface area (Å²) >= 11 is 0. The Bertz CT molecular complexity index is 625. The molecule has 2 unspecified atom stereocenters. The van der Waals surface area contributed by atoms with Crippen molar-refractivity contribution >= 4 is 11.8 Å². The summed E-state index contributed by atoms with van der Waals surface area (Å²) in [6.07, 6.45) is 2.61. The molecule has 1 aromatic rings. The molecular weight excluding hydrogens is 268 g/mol. The van der Waals surface area contributed by atoms with Crippen molar-refractivity contribution in [3.63, 3.8) is 0 Å². The number of fused-ring (bicyclic) bond motifs is 1. The first kappa shape index (κ1) is 13.6. The molecule has 2 aliphatic rings. The van der Waals surface area contributed by atoms with Gasteiger partial charge in [0.25, 0.3) is 0 Å². The number of hydrogen-bond acceptors (Lipinski definition) is 4. The van der Waals surface area contributed by atoms with Crippen molar-refractivity contribution in [1.29, 1.82) is 5.26 Å². The summed E-state index contributed by atoms with van der Waals surface area (Å²) in [5.74, 6) is 0.140. The number of likely N-dealkylation sites (tertiary alicyclic amines) is 1. The SMILES string of the molecule is COc1cc(CN2C(=O)C3CCCC3C2=O)ccc1C#N. The summed E-state index contributed by atoms with van der Waals surface area (Å²) in [5.41, 5.74) is 1.24. The van der Waals surface area contributed by atoms with E-state index in [1.807, 2.05) is 6.07 Å². The topological polar surface area (TPSA) is 70.4 Å². The van der Waals surface area contributed by atoms with Crippen LogP contribution in [-0.2, 0) is 16.1 Å². The van der Waals surface area contributed by atoms with Gasteiger partial charge in [-0.1, -0.05) is 12.5 Å². The Balaban J connectivity index is 1.83. The van der Waals surface area contributed by atoms with Crippen LogP contribution in [0.3, 0.4) is 0 Å². The second-order valence-electron chi connectivity index (χ2n) is 5.55. The third-order valence-corrected chi connectivity index (χ3v) is 4.41. The van der Waals surface area contributed by atoms with Crippen molar-refractivity contribution < 1.29 is 14.3 Å². The molecule has 5 nitrogen and oxygen atoms in total. The molecule has 1 aliphatic carbocycles. The number of nitriles is 1. The minimum absolute atomic E-state index is 0.0502. The molecule has 0 radical (unpaired) electrons. The van der Waals surface area contributed by atoms with Crippen molar-refractivity contribution in [2.24, 2.45) is 11.8 Å². The zero-order chi connectivity index (χ0) is 15.0. The number of imide groups is 1. The number of ether oxygens (including phenoxy) is 1. The van der Waals surface area contributed by atoms with E-state index in [0.717, 1.165) is 24.8 Å². The predicted octanol–water partition coefficient (Wildman–Crippen LogP) is 1.85. The first-order valence-electron chi connectivity index (χ1n) is 7.08. The number of carbonyl (C=O) groups excluding carboxylic acids is 2. The summed E-state index contributed by atoms with van der Waals surface area (Å²) in [6.45, 7) is 0.257. The van der Waals surface area contributed by atoms with Gasteiger partial charge in [0.05, 0.1) is 31.1 Å². The van der Waals surface area contributed by atoms with Crippen molar-refractivity contribution in [2.45, 2.75) is 25.8 Å². The smallest absolute Gasteiger partial charge is 0.233 e. The number of nitrogens with zero attached hydrogens (tertiary/aromatic N) is 2. The molecule has 1 saturated heterocycles. The van der Waals surface area contributed by atoms with E-state index >= 15 is 0 Å². The van der Waals surface area contributed by atoms with E-state index in [9.17, 15) is 9.59 Å². The molecule has 0 N–H and O–H groups in total. The maximum atomic E-state index is 12.3. The van der Waals surface area contributed by atoms with Gasteiger partial charge in [0, 0.05) is 0 Å². The minimum Gasteiger partial charge on any atom is -0.495 e. The van der Waals surface area contributed by atoms with Crippen LogP contribution in [0.2, 0.25) is 0 Å². The molecule has 5 heteroatoms. The van der Waals surface area contributed by atoms with Crippen LogP contribution in [0.15, 0.2) is 18.2 Å². The Labute approximate surface area is 123 Å². The van der Waals surface area contributed by atoms with E-state index in [1.165, 1.54) is 12.0 Å². The maximum Gasteiger partial charge on any atom is 0.233 e. The number of benzene rings is 1. The largest absolute Gasteiger partial charge is 0.495 e. The predicted molar refractivity (Wildman–Crippen MR) is 74.1 cm³/mol. The van der Waals surface area contributed by atoms with Crippen molar-refractivity contribution in [2.75, 3.05) is 7.11 Å². The molecule has 108 valence electrons. The van der Waals surface area contributed by atoms with Crippen LogP contribution in [0.4, 0.5) is 0 Å². The number of methoxy groups -OCH3 is 1. The lowest BCUT2D eigenvalue weighted by Crippen LogP contribution is -2.31. The summed E-state index contributed by atoms with van der Waals surface area (Å²) in [6, 6.07) is 7.17. The third-order valence-electron chi connectivity index (χ3n) is 4.41. The van der Waals surface area contributed by atoms with E-state index in [4.69, 9.17) is 10.00 Å². The summed E-state index contributed by atoms with van der Waals surface area (Å²) in [5, 5.41) is 8.97. The fraction of sp³-hybridized carbons (Fsp3) is 0.438. The highest BCUT2D eigenvalue weighted by molar-refractivity contribution is 6.05. The van der Waals surface area contributed by atoms with E-state index in [0.29, 0.717) is 11.3 Å². The van der Waals surface area contributed by atoms with Crippen molar-refractivity contribution in [1.82, 2.24) is 4.90 Å². The van der Waals surface area contributed by atoms with Gasteiger partial charge in [0.15, 0.2) is 0 Å². The Hall–Kier alpha value is -2.35. The van der Waals surface area contributed by atoms with Gasteiger partial charge in [-0.15, -0.1) is 0 Å². The number of hydrogen-bond donors (Lipinski definition) is 0. The van der Waals surface area contributed by atoms with E-state index < -0.39 is 0 Å². The van der Waals surface area contributed by atoms with E-state index in [-0.39, 0.29) is 30.2 Å². The average Bonchev–Trinajstić information content (AvgIpc) is 3.07. The number of carbonyl (C=O) groups is 2. The Morgan fingerprint density at radius 1 is 1.29 bits per heavy atom. The molecule has 2 atom stereocenters. The molecule has 3 rings (SSSR count). The van der Waals surface area contributed by atoms with Crippen LogP contribution in [0.5, 0.6) is 5.75 Å². The van der Waals surface area contributed by atoms with Gasteiger partial charge in [-0.05, 0) is 30.5 Å². The maximum absolute atomic E-state index is 12.3. The first-order valence-corrected chi connectivity index (χ1v) is 7.08. The van der Waals surface area contributed by atoms with Crippen LogP contribution >= 0.6 is 0 Å². The van der Waals surface area contributed by atoms with Gasteiger partial charge in [0.2, 0.25) is 11.8 Å². The standard InChI is InChI=1S/C16H16N2O3/c1-21-14-7-10(5-6-11(14)8-17)9-18-15(19)12-3-2-4-13(12)16(18)20/h5-7,12-13H,2-4,9H2,1H3. The normalized spacial score (nSPS) is 24.1. The fourth-order valence-electron chi connectivity index (χ4n) is 3.32. The van der Waals surface area contributed by atoms with Crippen LogP contribution in [0, 0.1) is 23.2 Å². The molecule has 1 aromatic carbocycles. The molecule has 0 aromatic heterocycles. The van der Waals surface area contributed by atoms with Crippen molar-refractivity contribution in [3.05, 3.63) is 29.3 Å². The third kappa shape index (κ3) is 2.17. The highest BCUT2D eigenvalue weighted by Gasteiger charge is 2.49. The van der Waals surface area contributed by atoms with Crippen LogP contribution in [-0.4, -0.2) is 23.8 Å². The van der Waals surface area contributed by atoms with Crippen LogP contribution in [0.1, 0.15) is 30.4 Å². The molecule has 2 amide bonds. The van der Waals surface area contributed by atoms with Crippen molar-refractivity contribution in [3.8, 4) is 11.8 Å². The molecule has 1 aliphatic heterocycles. The van der Waals surface area contributed by atoms with Gasteiger partial charge in [-0.2, -0.15) is 5.26 Å². The quantitative estimate of drug-likeness (QED) is 0.794. The lowest BCUT2D eigenvalue weighted by atomic mass is 10.00. The van der Waals surface area contributed by atoms with Crippen LogP contribution in [0.25, 0.3) is 0 Å².